The van der Waals surface area contributed by atoms with Crippen LogP contribution < -0.4 is 0 Å². The third-order valence-electron chi connectivity index (χ3n) is 3.38. The van der Waals surface area contributed by atoms with E-state index in [1.54, 1.807) is 6.07 Å². The monoisotopic (exact) mass is 276 g/mol. The van der Waals surface area contributed by atoms with Crippen LogP contribution in [0.1, 0.15) is 16.1 Å². The van der Waals surface area contributed by atoms with Gasteiger partial charge in [-0.25, -0.2) is 14.6 Å². The SMILES string of the molecule is O=C1c2ccccc2-c2nc3nc4nonc4nc3nc21. The molecule has 0 N–H and O–H groups in total. The fourth-order valence-corrected chi connectivity index (χ4v) is 2.45. The van der Waals surface area contributed by atoms with E-state index >= 15 is 0 Å². The minimum atomic E-state index is -0.157. The third-order valence-corrected chi connectivity index (χ3v) is 3.38. The second-order valence-corrected chi connectivity index (χ2v) is 4.58. The summed E-state index contributed by atoms with van der Waals surface area (Å²) in [6.07, 6.45) is 0. The molecular formula is C13H4N6O2. The van der Waals surface area contributed by atoms with Gasteiger partial charge in [-0.1, -0.05) is 24.3 Å². The molecule has 1 aliphatic rings. The average Bonchev–Trinajstić information content (AvgIpc) is 3.07. The summed E-state index contributed by atoms with van der Waals surface area (Å²) in [4.78, 5) is 29.4. The molecule has 0 amide bonds. The van der Waals surface area contributed by atoms with Gasteiger partial charge in [0.2, 0.25) is 28.4 Å². The first-order chi connectivity index (χ1) is 10.3. The lowest BCUT2D eigenvalue weighted by molar-refractivity contribution is 0.103. The Balaban J connectivity index is 1.91. The molecule has 0 fully saturated rings. The molecule has 3 heterocycles. The topological polar surface area (TPSA) is 108 Å². The summed E-state index contributed by atoms with van der Waals surface area (Å²) in [6, 6.07) is 7.25. The van der Waals surface area contributed by atoms with Gasteiger partial charge in [0.1, 0.15) is 11.4 Å². The standard InChI is InChI=1S/C13H4N6O2/c20-9-6-4-2-1-3-5(6)7-8(9)15-11-10(14-7)16-12-13(17-11)19-21-18-12/h1-4H. The number of carbonyl (C=O) groups is 1. The maximum atomic E-state index is 12.3. The zero-order chi connectivity index (χ0) is 14.0. The molecule has 0 radical (unpaired) electrons. The van der Waals surface area contributed by atoms with E-state index in [9.17, 15) is 4.79 Å². The van der Waals surface area contributed by atoms with Crippen LogP contribution in [0.2, 0.25) is 0 Å². The number of hydrogen-bond acceptors (Lipinski definition) is 8. The number of aromatic nitrogens is 6. The summed E-state index contributed by atoms with van der Waals surface area (Å²) in [5.41, 5.74) is 3.20. The molecule has 3 aromatic heterocycles. The van der Waals surface area contributed by atoms with Crippen LogP contribution in [0.15, 0.2) is 28.9 Å². The second-order valence-electron chi connectivity index (χ2n) is 4.58. The molecule has 98 valence electrons. The predicted octanol–water partition coefficient (Wildman–Crippen LogP) is 1.17. The maximum absolute atomic E-state index is 12.3. The van der Waals surface area contributed by atoms with Crippen molar-refractivity contribution in [1.82, 2.24) is 30.2 Å². The van der Waals surface area contributed by atoms with E-state index in [2.05, 4.69) is 34.9 Å². The summed E-state index contributed by atoms with van der Waals surface area (Å²) >= 11 is 0. The van der Waals surface area contributed by atoms with Crippen LogP contribution in [0.5, 0.6) is 0 Å². The van der Waals surface area contributed by atoms with Crippen molar-refractivity contribution in [3.8, 4) is 11.3 Å². The molecule has 0 spiro atoms. The lowest BCUT2D eigenvalue weighted by Gasteiger charge is -1.99. The molecule has 4 aromatic rings. The molecule has 5 rings (SSSR count). The summed E-state index contributed by atoms with van der Waals surface area (Å²) in [5, 5.41) is 7.24. The Kier molecular flexibility index (Phi) is 1.71. The average molecular weight is 276 g/mol. The third kappa shape index (κ3) is 1.25. The number of hydrogen-bond donors (Lipinski definition) is 0. The van der Waals surface area contributed by atoms with Crippen molar-refractivity contribution >= 4 is 28.4 Å². The van der Waals surface area contributed by atoms with Crippen molar-refractivity contribution in [2.45, 2.75) is 0 Å². The first kappa shape index (κ1) is 10.5. The van der Waals surface area contributed by atoms with E-state index < -0.39 is 0 Å². The van der Waals surface area contributed by atoms with Gasteiger partial charge in [-0.2, -0.15) is 9.97 Å². The molecule has 0 aliphatic heterocycles. The van der Waals surface area contributed by atoms with E-state index in [0.717, 1.165) is 5.56 Å². The van der Waals surface area contributed by atoms with E-state index in [0.29, 0.717) is 16.9 Å². The molecule has 0 bridgehead atoms. The molecular weight excluding hydrogens is 272 g/mol. The Morgan fingerprint density at radius 3 is 2.05 bits per heavy atom. The summed E-state index contributed by atoms with van der Waals surface area (Å²) < 4.78 is 4.57. The Morgan fingerprint density at radius 1 is 0.714 bits per heavy atom. The van der Waals surface area contributed by atoms with Gasteiger partial charge < -0.3 is 0 Å². The fourth-order valence-electron chi connectivity index (χ4n) is 2.45. The first-order valence-electron chi connectivity index (χ1n) is 6.13. The van der Waals surface area contributed by atoms with Crippen LogP contribution in [0.25, 0.3) is 33.8 Å². The number of nitrogens with zero attached hydrogens (tertiary/aromatic N) is 6. The Labute approximate surface area is 115 Å². The smallest absolute Gasteiger partial charge is 0.245 e. The number of rotatable bonds is 0. The highest BCUT2D eigenvalue weighted by molar-refractivity contribution is 6.20. The molecule has 0 saturated carbocycles. The quantitative estimate of drug-likeness (QED) is 0.414. The number of ketones is 1. The zero-order valence-electron chi connectivity index (χ0n) is 10.3. The van der Waals surface area contributed by atoms with Crippen LogP contribution in [-0.2, 0) is 0 Å². The maximum Gasteiger partial charge on any atom is 0.245 e. The zero-order valence-corrected chi connectivity index (χ0v) is 10.3. The van der Waals surface area contributed by atoms with Crippen LogP contribution >= 0.6 is 0 Å². The highest BCUT2D eigenvalue weighted by atomic mass is 16.6. The van der Waals surface area contributed by atoms with Gasteiger partial charge in [0.05, 0.1) is 0 Å². The van der Waals surface area contributed by atoms with E-state index in [4.69, 9.17) is 0 Å². The van der Waals surface area contributed by atoms with Crippen molar-refractivity contribution in [2.24, 2.45) is 0 Å². The van der Waals surface area contributed by atoms with Gasteiger partial charge in [-0.3, -0.25) is 4.79 Å². The van der Waals surface area contributed by atoms with Gasteiger partial charge >= 0.3 is 0 Å². The number of fused-ring (bicyclic) bond motifs is 5. The van der Waals surface area contributed by atoms with E-state index in [-0.39, 0.29) is 28.4 Å². The molecule has 0 atom stereocenters. The number of carbonyl (C=O) groups excluding carboxylic acids is 1. The molecule has 0 saturated heterocycles. The van der Waals surface area contributed by atoms with Crippen molar-refractivity contribution in [2.75, 3.05) is 0 Å². The largest absolute Gasteiger partial charge is 0.287 e. The van der Waals surface area contributed by atoms with E-state index in [1.165, 1.54) is 0 Å². The molecule has 0 unspecified atom stereocenters. The molecule has 1 aliphatic carbocycles. The van der Waals surface area contributed by atoms with Gasteiger partial charge in [-0.05, 0) is 10.3 Å². The lowest BCUT2D eigenvalue weighted by Crippen LogP contribution is -2.02. The normalized spacial score (nSPS) is 12.9. The minimum absolute atomic E-state index is 0.157. The second kappa shape index (κ2) is 3.42. The summed E-state index contributed by atoms with van der Waals surface area (Å²) in [6.45, 7) is 0. The molecule has 8 nitrogen and oxygen atoms in total. The fraction of sp³-hybridized carbons (Fsp3) is 0. The molecule has 1 aromatic carbocycles. The van der Waals surface area contributed by atoms with Crippen molar-refractivity contribution < 1.29 is 9.42 Å². The van der Waals surface area contributed by atoms with Crippen LogP contribution in [0.4, 0.5) is 0 Å². The summed E-state index contributed by atoms with van der Waals surface area (Å²) in [7, 11) is 0. The van der Waals surface area contributed by atoms with Crippen molar-refractivity contribution in [1.29, 1.82) is 0 Å². The Morgan fingerprint density at radius 2 is 1.33 bits per heavy atom. The van der Waals surface area contributed by atoms with Crippen molar-refractivity contribution in [3.63, 3.8) is 0 Å². The lowest BCUT2D eigenvalue weighted by atomic mass is 10.1. The van der Waals surface area contributed by atoms with Crippen LogP contribution in [-0.4, -0.2) is 36.0 Å². The predicted molar refractivity (Wildman–Crippen MR) is 69.4 cm³/mol. The first-order valence-corrected chi connectivity index (χ1v) is 6.13. The Bertz CT molecular complexity index is 1070. The Hall–Kier alpha value is -3.29. The highest BCUT2D eigenvalue weighted by Gasteiger charge is 2.30. The van der Waals surface area contributed by atoms with Gasteiger partial charge in [0, 0.05) is 11.1 Å². The molecule has 8 heteroatoms. The van der Waals surface area contributed by atoms with Crippen LogP contribution in [0.3, 0.4) is 0 Å². The van der Waals surface area contributed by atoms with Crippen molar-refractivity contribution in [3.05, 3.63) is 35.5 Å². The molecule has 21 heavy (non-hydrogen) atoms. The van der Waals surface area contributed by atoms with Crippen LogP contribution in [0, 0.1) is 0 Å². The van der Waals surface area contributed by atoms with E-state index in [1.807, 2.05) is 18.2 Å². The number of benzene rings is 1. The van der Waals surface area contributed by atoms with Gasteiger partial charge in [0.25, 0.3) is 0 Å². The van der Waals surface area contributed by atoms with Gasteiger partial charge in [0.15, 0.2) is 0 Å². The van der Waals surface area contributed by atoms with Gasteiger partial charge in [-0.15, -0.1) is 0 Å². The summed E-state index contributed by atoms with van der Waals surface area (Å²) in [5.74, 6) is -0.157. The highest BCUT2D eigenvalue weighted by Crippen LogP contribution is 2.34. The minimum Gasteiger partial charge on any atom is -0.287 e.